The molecule has 0 unspecified atom stereocenters. The van der Waals surface area contributed by atoms with E-state index in [0.717, 1.165) is 11.9 Å². The zero-order valence-electron chi connectivity index (χ0n) is 11.2. The number of carbonyl (C=O) groups is 1. The van der Waals surface area contributed by atoms with E-state index >= 15 is 0 Å². The minimum Gasteiger partial charge on any atom is -0.395 e. The van der Waals surface area contributed by atoms with Gasteiger partial charge in [-0.2, -0.15) is 0 Å². The second-order valence-corrected chi connectivity index (χ2v) is 4.43. The molecule has 0 saturated heterocycles. The van der Waals surface area contributed by atoms with E-state index in [1.165, 1.54) is 0 Å². The quantitative estimate of drug-likeness (QED) is 0.865. The van der Waals surface area contributed by atoms with Crippen LogP contribution in [0, 0.1) is 0 Å². The summed E-state index contributed by atoms with van der Waals surface area (Å²) in [5.41, 5.74) is 2.17. The van der Waals surface area contributed by atoms with Gasteiger partial charge in [-0.15, -0.1) is 5.10 Å². The van der Waals surface area contributed by atoms with E-state index < -0.39 is 0 Å². The molecule has 0 bridgehead atoms. The first-order valence-corrected chi connectivity index (χ1v) is 6.37. The number of benzene rings is 1. The molecule has 102 valence electrons. The van der Waals surface area contributed by atoms with E-state index in [0.29, 0.717) is 24.2 Å². The van der Waals surface area contributed by atoms with Gasteiger partial charge < -0.3 is 10.0 Å². The maximum Gasteiger partial charge on any atom is 0.254 e. The van der Waals surface area contributed by atoms with Crippen molar-refractivity contribution in [3.8, 4) is 0 Å². The van der Waals surface area contributed by atoms with Gasteiger partial charge in [0.2, 0.25) is 0 Å². The van der Waals surface area contributed by atoms with E-state index in [4.69, 9.17) is 5.11 Å². The number of aromatic nitrogens is 3. The number of amides is 1. The maximum atomic E-state index is 12.3. The molecule has 1 heterocycles. The molecule has 0 saturated carbocycles. The van der Waals surface area contributed by atoms with Crippen molar-refractivity contribution in [2.75, 3.05) is 19.7 Å². The van der Waals surface area contributed by atoms with Crippen LogP contribution in [0.5, 0.6) is 0 Å². The topological polar surface area (TPSA) is 71.2 Å². The lowest BCUT2D eigenvalue weighted by molar-refractivity contribution is 0.0722. The van der Waals surface area contributed by atoms with Crippen LogP contribution in [-0.2, 0) is 7.05 Å². The molecule has 6 heteroatoms. The van der Waals surface area contributed by atoms with E-state index in [1.807, 2.05) is 20.0 Å². The van der Waals surface area contributed by atoms with Gasteiger partial charge in [-0.1, -0.05) is 12.1 Å². The Hall–Kier alpha value is -1.95. The van der Waals surface area contributed by atoms with Crippen molar-refractivity contribution in [1.29, 1.82) is 0 Å². The fraction of sp³-hybridized carbons (Fsp3) is 0.462. The fourth-order valence-corrected chi connectivity index (χ4v) is 2.06. The average molecular weight is 262 g/mol. The molecule has 2 rings (SSSR count). The van der Waals surface area contributed by atoms with Crippen LogP contribution < -0.4 is 0 Å². The van der Waals surface area contributed by atoms with Crippen molar-refractivity contribution >= 4 is 16.9 Å². The van der Waals surface area contributed by atoms with Crippen molar-refractivity contribution in [1.82, 2.24) is 19.9 Å². The van der Waals surface area contributed by atoms with Gasteiger partial charge in [0.1, 0.15) is 5.52 Å². The van der Waals surface area contributed by atoms with Crippen LogP contribution in [0.3, 0.4) is 0 Å². The summed E-state index contributed by atoms with van der Waals surface area (Å²) in [7, 11) is 1.81. The molecular weight excluding hydrogens is 244 g/mol. The molecule has 1 aromatic carbocycles. The highest BCUT2D eigenvalue weighted by Crippen LogP contribution is 2.14. The van der Waals surface area contributed by atoms with Crippen LogP contribution in [0.25, 0.3) is 11.0 Å². The third kappa shape index (κ3) is 2.73. The van der Waals surface area contributed by atoms with Gasteiger partial charge in [0.05, 0.1) is 12.1 Å². The van der Waals surface area contributed by atoms with E-state index in [9.17, 15) is 4.79 Å². The van der Waals surface area contributed by atoms with Gasteiger partial charge in [0.15, 0.2) is 0 Å². The monoisotopic (exact) mass is 262 g/mol. The lowest BCUT2D eigenvalue weighted by Crippen LogP contribution is -2.34. The maximum absolute atomic E-state index is 12.3. The molecule has 0 fully saturated rings. The van der Waals surface area contributed by atoms with Crippen molar-refractivity contribution in [3.05, 3.63) is 23.8 Å². The summed E-state index contributed by atoms with van der Waals surface area (Å²) >= 11 is 0. The number of fused-ring (bicyclic) bond motifs is 1. The van der Waals surface area contributed by atoms with Crippen LogP contribution in [0.4, 0.5) is 0 Å². The van der Waals surface area contributed by atoms with E-state index in [2.05, 4.69) is 10.3 Å². The third-order valence-corrected chi connectivity index (χ3v) is 3.01. The Labute approximate surface area is 111 Å². The summed E-state index contributed by atoms with van der Waals surface area (Å²) in [6, 6.07) is 5.35. The second-order valence-electron chi connectivity index (χ2n) is 4.43. The third-order valence-electron chi connectivity index (χ3n) is 3.01. The first-order chi connectivity index (χ1) is 9.17. The summed E-state index contributed by atoms with van der Waals surface area (Å²) in [5.74, 6) is -0.0801. The van der Waals surface area contributed by atoms with E-state index in [1.54, 1.807) is 21.7 Å². The molecule has 1 amide bonds. The minimum absolute atomic E-state index is 0.0286. The molecule has 19 heavy (non-hydrogen) atoms. The normalized spacial score (nSPS) is 10.9. The smallest absolute Gasteiger partial charge is 0.254 e. The van der Waals surface area contributed by atoms with Gasteiger partial charge in [-0.3, -0.25) is 4.79 Å². The van der Waals surface area contributed by atoms with Crippen LogP contribution in [0.15, 0.2) is 18.2 Å². The number of hydrogen-bond acceptors (Lipinski definition) is 4. The largest absolute Gasteiger partial charge is 0.395 e. The highest BCUT2D eigenvalue weighted by atomic mass is 16.3. The second kappa shape index (κ2) is 5.79. The molecule has 1 N–H and O–H groups in total. The number of nitrogens with zero attached hydrogens (tertiary/aromatic N) is 4. The highest BCUT2D eigenvalue weighted by molar-refractivity contribution is 5.97. The average Bonchev–Trinajstić information content (AvgIpc) is 2.79. The lowest BCUT2D eigenvalue weighted by atomic mass is 10.1. The predicted octanol–water partition coefficient (Wildman–Crippen LogP) is 0.813. The Morgan fingerprint density at radius 3 is 2.89 bits per heavy atom. The zero-order chi connectivity index (χ0) is 13.8. The Bertz CT molecular complexity index is 573. The molecule has 1 aromatic heterocycles. The Kier molecular flexibility index (Phi) is 4.11. The molecule has 0 aliphatic rings. The molecule has 6 nitrogen and oxygen atoms in total. The Morgan fingerprint density at radius 1 is 1.42 bits per heavy atom. The van der Waals surface area contributed by atoms with E-state index in [-0.39, 0.29) is 12.5 Å². The van der Waals surface area contributed by atoms with Crippen molar-refractivity contribution in [2.45, 2.75) is 13.3 Å². The summed E-state index contributed by atoms with van der Waals surface area (Å²) < 4.78 is 1.67. The molecule has 0 aliphatic carbocycles. The van der Waals surface area contributed by atoms with Crippen LogP contribution in [0.1, 0.15) is 23.7 Å². The van der Waals surface area contributed by atoms with Crippen LogP contribution in [-0.4, -0.2) is 50.6 Å². The predicted molar refractivity (Wildman–Crippen MR) is 71.8 cm³/mol. The van der Waals surface area contributed by atoms with Gasteiger partial charge in [-0.25, -0.2) is 4.68 Å². The number of aliphatic hydroxyl groups excluding tert-OH is 1. The first-order valence-electron chi connectivity index (χ1n) is 6.37. The van der Waals surface area contributed by atoms with Crippen molar-refractivity contribution in [3.63, 3.8) is 0 Å². The number of rotatable bonds is 5. The van der Waals surface area contributed by atoms with Crippen molar-refractivity contribution in [2.24, 2.45) is 7.05 Å². The zero-order valence-corrected chi connectivity index (χ0v) is 11.2. The summed E-state index contributed by atoms with van der Waals surface area (Å²) in [6.45, 7) is 2.96. The Balaban J connectivity index is 2.29. The van der Waals surface area contributed by atoms with Gasteiger partial charge >= 0.3 is 0 Å². The fourth-order valence-electron chi connectivity index (χ4n) is 2.06. The molecule has 2 aromatic rings. The van der Waals surface area contributed by atoms with Gasteiger partial charge in [0.25, 0.3) is 5.91 Å². The van der Waals surface area contributed by atoms with Gasteiger partial charge in [-0.05, 0) is 24.6 Å². The summed E-state index contributed by atoms with van der Waals surface area (Å²) in [6.07, 6.45) is 0.860. The lowest BCUT2D eigenvalue weighted by Gasteiger charge is -2.21. The standard InChI is InChI=1S/C13H18N4O2/c1-3-6-17(7-8-18)13(19)10-4-5-12-11(9-10)14-15-16(12)2/h4-5,9,18H,3,6-8H2,1-2H3. The molecular formula is C13H18N4O2. The molecule has 0 atom stereocenters. The van der Waals surface area contributed by atoms with Gasteiger partial charge in [0, 0.05) is 25.7 Å². The molecule has 0 aliphatic heterocycles. The Morgan fingerprint density at radius 2 is 2.21 bits per heavy atom. The minimum atomic E-state index is -0.0801. The number of aryl methyl sites for hydroxylation is 1. The number of aliphatic hydroxyl groups is 1. The molecule has 0 radical (unpaired) electrons. The SMILES string of the molecule is CCCN(CCO)C(=O)c1ccc2c(c1)nnn2C. The first kappa shape index (κ1) is 13.5. The van der Waals surface area contributed by atoms with Crippen LogP contribution in [0.2, 0.25) is 0 Å². The summed E-state index contributed by atoms with van der Waals surface area (Å²) in [5, 5.41) is 16.9. The number of hydrogen-bond donors (Lipinski definition) is 1. The highest BCUT2D eigenvalue weighted by Gasteiger charge is 2.15. The van der Waals surface area contributed by atoms with Crippen molar-refractivity contribution < 1.29 is 9.90 Å². The summed E-state index contributed by atoms with van der Waals surface area (Å²) in [4.78, 5) is 14.0. The number of carbonyl (C=O) groups excluding carboxylic acids is 1. The molecule has 0 spiro atoms. The van der Waals surface area contributed by atoms with Crippen LogP contribution >= 0.6 is 0 Å².